The molecular weight excluding hydrogens is 444 g/mol. The van der Waals surface area contributed by atoms with Gasteiger partial charge in [0.15, 0.2) is 0 Å². The second-order valence-electron chi connectivity index (χ2n) is 8.40. The van der Waals surface area contributed by atoms with Crippen molar-refractivity contribution in [2.75, 3.05) is 26.4 Å². The Morgan fingerprint density at radius 2 is 1.88 bits per heavy atom. The molecule has 2 heterocycles. The molecule has 2 aliphatic heterocycles. The lowest BCUT2D eigenvalue weighted by atomic mass is 9.87. The Morgan fingerprint density at radius 3 is 2.53 bits per heavy atom. The number of nitrogens with zero attached hydrogens (tertiary/aromatic N) is 1. The lowest BCUT2D eigenvalue weighted by Gasteiger charge is -2.38. The molecule has 2 aromatic rings. The summed E-state index contributed by atoms with van der Waals surface area (Å²) >= 11 is 0. The van der Waals surface area contributed by atoms with Gasteiger partial charge in [0.1, 0.15) is 30.2 Å². The van der Waals surface area contributed by atoms with E-state index in [0.29, 0.717) is 19.5 Å². The molecule has 1 fully saturated rings. The molecule has 3 N–H and O–H groups in total. The van der Waals surface area contributed by atoms with Crippen LogP contribution >= 0.6 is 0 Å². The molecule has 2 aliphatic rings. The molecule has 0 unspecified atom stereocenters. The summed E-state index contributed by atoms with van der Waals surface area (Å²) in [4.78, 5) is 27.7. The number of carbonyl (C=O) groups is 2. The average molecular weight is 472 g/mol. The lowest BCUT2D eigenvalue weighted by Crippen LogP contribution is -2.60. The third-order valence-corrected chi connectivity index (χ3v) is 6.14. The summed E-state index contributed by atoms with van der Waals surface area (Å²) < 4.78 is 32.7. The minimum Gasteiger partial charge on any atom is -0.489 e. The highest BCUT2D eigenvalue weighted by molar-refractivity contribution is 5.91. The van der Waals surface area contributed by atoms with Crippen molar-refractivity contribution in [2.45, 2.75) is 25.0 Å². The number of hydrogen-bond acceptors (Lipinski definition) is 5. The molecule has 0 saturated carbocycles. The van der Waals surface area contributed by atoms with Crippen molar-refractivity contribution < 1.29 is 28.2 Å². The molecule has 0 aromatic heterocycles. The summed E-state index contributed by atoms with van der Waals surface area (Å²) in [6.07, 6.45) is 2.27. The van der Waals surface area contributed by atoms with Crippen molar-refractivity contribution in [1.29, 1.82) is 0 Å². The zero-order chi connectivity index (χ0) is 24.1. The Hall–Kier alpha value is -3.30. The Bertz CT molecular complexity index is 1040. The molecule has 0 aliphatic carbocycles. The highest BCUT2D eigenvalue weighted by Gasteiger charge is 2.41. The van der Waals surface area contributed by atoms with E-state index in [4.69, 9.17) is 4.74 Å². The molecule has 4 rings (SSSR count). The Labute approximate surface area is 196 Å². The van der Waals surface area contributed by atoms with E-state index < -0.39 is 42.3 Å². The number of benzene rings is 2. The van der Waals surface area contributed by atoms with E-state index in [2.05, 4.69) is 10.6 Å². The van der Waals surface area contributed by atoms with Gasteiger partial charge in [-0.05, 0) is 24.0 Å². The molecule has 180 valence electrons. The first-order chi connectivity index (χ1) is 16.4. The summed E-state index contributed by atoms with van der Waals surface area (Å²) in [6.45, 7) is 0.604. The fraction of sp³-hybridized carbons (Fsp3) is 0.360. The van der Waals surface area contributed by atoms with Gasteiger partial charge in [-0.3, -0.25) is 9.59 Å². The van der Waals surface area contributed by atoms with Crippen LogP contribution in [0.15, 0.2) is 54.6 Å². The van der Waals surface area contributed by atoms with E-state index in [1.165, 1.54) is 5.57 Å². The second-order valence-corrected chi connectivity index (χ2v) is 8.40. The van der Waals surface area contributed by atoms with Crippen LogP contribution in [0.4, 0.5) is 8.78 Å². The maximum atomic E-state index is 13.5. The largest absolute Gasteiger partial charge is 0.489 e. The Balaban J connectivity index is 1.44. The summed E-state index contributed by atoms with van der Waals surface area (Å²) in [5.74, 6) is -3.06. The number of aliphatic hydroxyl groups is 1. The van der Waals surface area contributed by atoms with E-state index in [1.54, 1.807) is 4.90 Å². The topological polar surface area (TPSA) is 90.9 Å². The van der Waals surface area contributed by atoms with E-state index in [-0.39, 0.29) is 24.6 Å². The number of carbonyl (C=O) groups excluding carboxylic acids is 2. The molecular formula is C25H27F2N3O4. The van der Waals surface area contributed by atoms with Gasteiger partial charge in [0.25, 0.3) is 0 Å². The third kappa shape index (κ3) is 5.60. The molecule has 1 saturated heterocycles. The standard InChI is InChI=1S/C25H27F2N3O4/c26-18-10-19(27)12-20(11-18)34-21-13-22(24(32)29-15-31)23(28-14-21)25(33)30-8-6-17(7-9-30)16-4-2-1-3-5-16/h1-6,10-12,21-23,28,31H,7-9,13-15H2,(H,29,32)/t21-,22-,23-/m0/s1. The van der Waals surface area contributed by atoms with E-state index >= 15 is 0 Å². The maximum Gasteiger partial charge on any atom is 0.240 e. The number of nitrogens with one attached hydrogen (secondary N) is 2. The predicted molar refractivity (Wildman–Crippen MR) is 122 cm³/mol. The van der Waals surface area contributed by atoms with Crippen LogP contribution < -0.4 is 15.4 Å². The lowest BCUT2D eigenvalue weighted by molar-refractivity contribution is -0.141. The predicted octanol–water partition coefficient (Wildman–Crippen LogP) is 2.07. The molecule has 0 radical (unpaired) electrons. The number of amides is 2. The molecule has 2 aromatic carbocycles. The highest BCUT2D eigenvalue weighted by Crippen LogP contribution is 2.27. The van der Waals surface area contributed by atoms with Gasteiger partial charge < -0.3 is 25.4 Å². The van der Waals surface area contributed by atoms with E-state index in [1.807, 2.05) is 36.4 Å². The number of aliphatic hydroxyl groups excluding tert-OH is 1. The number of rotatable bonds is 6. The van der Waals surface area contributed by atoms with Crippen LogP contribution in [0, 0.1) is 17.6 Å². The molecule has 7 nitrogen and oxygen atoms in total. The van der Waals surface area contributed by atoms with Gasteiger partial charge >= 0.3 is 0 Å². The number of piperidine rings is 1. The first-order valence-electron chi connectivity index (χ1n) is 11.2. The van der Waals surface area contributed by atoms with Gasteiger partial charge in [-0.1, -0.05) is 36.4 Å². The molecule has 34 heavy (non-hydrogen) atoms. The first-order valence-corrected chi connectivity index (χ1v) is 11.2. The number of ether oxygens (including phenoxy) is 1. The van der Waals surface area contributed by atoms with Crippen molar-refractivity contribution in [2.24, 2.45) is 5.92 Å². The third-order valence-electron chi connectivity index (χ3n) is 6.14. The van der Waals surface area contributed by atoms with Crippen LogP contribution in [0.5, 0.6) is 5.75 Å². The Morgan fingerprint density at radius 1 is 1.15 bits per heavy atom. The van der Waals surface area contributed by atoms with Crippen LogP contribution in [0.25, 0.3) is 5.57 Å². The van der Waals surface area contributed by atoms with E-state index in [0.717, 1.165) is 23.8 Å². The normalized spacial score (nSPS) is 22.6. The highest BCUT2D eigenvalue weighted by atomic mass is 19.1. The summed E-state index contributed by atoms with van der Waals surface area (Å²) in [5.41, 5.74) is 2.30. The van der Waals surface area contributed by atoms with Crippen molar-refractivity contribution >= 4 is 17.4 Å². The molecule has 0 spiro atoms. The smallest absolute Gasteiger partial charge is 0.240 e. The van der Waals surface area contributed by atoms with Gasteiger partial charge in [-0.25, -0.2) is 8.78 Å². The van der Waals surface area contributed by atoms with Gasteiger partial charge in [0.2, 0.25) is 11.8 Å². The van der Waals surface area contributed by atoms with Gasteiger partial charge in [-0.2, -0.15) is 0 Å². The minimum absolute atomic E-state index is 0.00463. The van der Waals surface area contributed by atoms with Crippen molar-refractivity contribution in [3.05, 3.63) is 71.8 Å². The quantitative estimate of drug-likeness (QED) is 0.562. The van der Waals surface area contributed by atoms with Crippen LogP contribution in [0.1, 0.15) is 18.4 Å². The van der Waals surface area contributed by atoms with Gasteiger partial charge in [0.05, 0.1) is 12.0 Å². The number of halogens is 2. The summed E-state index contributed by atoms with van der Waals surface area (Å²) in [6, 6.07) is 12.0. The first kappa shape index (κ1) is 23.8. The van der Waals surface area contributed by atoms with Crippen LogP contribution in [-0.2, 0) is 9.59 Å². The van der Waals surface area contributed by atoms with Gasteiger partial charge in [0, 0.05) is 37.8 Å². The van der Waals surface area contributed by atoms with Crippen molar-refractivity contribution in [3.8, 4) is 5.75 Å². The maximum absolute atomic E-state index is 13.5. The Kier molecular flexibility index (Phi) is 7.54. The SMILES string of the molecule is O=C(NCO)[C@H]1C[C@H](Oc2cc(F)cc(F)c2)CN[C@@H]1C(=O)N1CC=C(c2ccccc2)CC1. The van der Waals surface area contributed by atoms with Crippen LogP contribution in [0.2, 0.25) is 0 Å². The van der Waals surface area contributed by atoms with Crippen molar-refractivity contribution in [1.82, 2.24) is 15.5 Å². The number of hydrogen-bond donors (Lipinski definition) is 3. The van der Waals surface area contributed by atoms with E-state index in [9.17, 15) is 23.5 Å². The zero-order valence-electron chi connectivity index (χ0n) is 18.5. The molecule has 9 heteroatoms. The fourth-order valence-electron chi connectivity index (χ4n) is 4.49. The van der Waals surface area contributed by atoms with Gasteiger partial charge in [-0.15, -0.1) is 0 Å². The zero-order valence-corrected chi connectivity index (χ0v) is 18.5. The molecule has 0 bridgehead atoms. The average Bonchev–Trinajstić information content (AvgIpc) is 2.84. The minimum atomic E-state index is -0.823. The fourth-order valence-corrected chi connectivity index (χ4v) is 4.49. The molecule has 2 amide bonds. The molecule has 3 atom stereocenters. The van der Waals surface area contributed by atoms with Crippen LogP contribution in [-0.4, -0.2) is 60.3 Å². The van der Waals surface area contributed by atoms with Crippen molar-refractivity contribution in [3.63, 3.8) is 0 Å². The monoisotopic (exact) mass is 471 g/mol. The summed E-state index contributed by atoms with van der Waals surface area (Å²) in [5, 5.41) is 14.6. The van der Waals surface area contributed by atoms with Crippen LogP contribution in [0.3, 0.4) is 0 Å². The summed E-state index contributed by atoms with van der Waals surface area (Å²) in [7, 11) is 0. The second kappa shape index (κ2) is 10.8.